The number of hydrogen-bond acceptors (Lipinski definition) is 4. The molecule has 1 atom stereocenters. The first-order valence-electron chi connectivity index (χ1n) is 5.37. The maximum absolute atomic E-state index is 9.67. The lowest BCUT2D eigenvalue weighted by Gasteiger charge is -2.32. The second kappa shape index (κ2) is 7.63. The van der Waals surface area contributed by atoms with Gasteiger partial charge in [0.05, 0.1) is 18.8 Å². The van der Waals surface area contributed by atoms with Gasteiger partial charge in [-0.1, -0.05) is 0 Å². The van der Waals surface area contributed by atoms with E-state index in [1.54, 1.807) is 0 Å². The van der Waals surface area contributed by atoms with Gasteiger partial charge in [0.2, 0.25) is 0 Å². The molecule has 0 bridgehead atoms. The van der Waals surface area contributed by atoms with Crippen molar-refractivity contribution in [3.63, 3.8) is 0 Å². The second-order valence-corrected chi connectivity index (χ2v) is 4.21. The zero-order valence-corrected chi connectivity index (χ0v) is 10.1. The molecule has 0 rings (SSSR count). The predicted octanol–water partition coefficient (Wildman–Crippen LogP) is 1.01. The van der Waals surface area contributed by atoms with Crippen molar-refractivity contribution in [1.82, 2.24) is 4.90 Å². The van der Waals surface area contributed by atoms with Crippen LogP contribution in [-0.2, 0) is 4.74 Å². The van der Waals surface area contributed by atoms with Crippen molar-refractivity contribution in [3.8, 4) is 6.07 Å². The van der Waals surface area contributed by atoms with Gasteiger partial charge in [-0.25, -0.2) is 0 Å². The summed E-state index contributed by atoms with van der Waals surface area (Å²) in [6.07, 6.45) is -0.525. The Morgan fingerprint density at radius 1 is 1.27 bits per heavy atom. The number of ether oxygens (including phenoxy) is 1. The van der Waals surface area contributed by atoms with E-state index in [1.165, 1.54) is 0 Å². The van der Waals surface area contributed by atoms with E-state index in [1.807, 2.05) is 6.07 Å². The fourth-order valence-corrected chi connectivity index (χ4v) is 1.55. The van der Waals surface area contributed by atoms with Crippen LogP contribution in [0.3, 0.4) is 0 Å². The Balaban J connectivity index is 3.90. The quantitative estimate of drug-likeness (QED) is 0.642. The molecule has 0 saturated heterocycles. The molecule has 1 unspecified atom stereocenters. The van der Waals surface area contributed by atoms with Crippen molar-refractivity contribution in [2.75, 3.05) is 19.8 Å². The normalized spacial score (nSPS) is 13.5. The molecule has 0 saturated carbocycles. The van der Waals surface area contributed by atoms with E-state index in [2.05, 4.69) is 32.6 Å². The average molecular weight is 214 g/mol. The van der Waals surface area contributed by atoms with Gasteiger partial charge < -0.3 is 9.84 Å². The van der Waals surface area contributed by atoms with E-state index < -0.39 is 6.10 Å². The first-order valence-corrected chi connectivity index (χ1v) is 5.37. The smallest absolute Gasteiger partial charge is 0.133 e. The van der Waals surface area contributed by atoms with Gasteiger partial charge in [-0.05, 0) is 27.7 Å². The van der Waals surface area contributed by atoms with Crippen LogP contribution in [0.5, 0.6) is 0 Å². The maximum Gasteiger partial charge on any atom is 0.133 e. The van der Waals surface area contributed by atoms with Gasteiger partial charge >= 0.3 is 0 Å². The molecular formula is C11H22N2O2. The Kier molecular flexibility index (Phi) is 7.31. The van der Waals surface area contributed by atoms with Crippen molar-refractivity contribution in [3.05, 3.63) is 0 Å². The van der Waals surface area contributed by atoms with Gasteiger partial charge in [0.1, 0.15) is 6.61 Å². The highest BCUT2D eigenvalue weighted by molar-refractivity contribution is 4.72. The van der Waals surface area contributed by atoms with Crippen LogP contribution in [-0.4, -0.2) is 48.0 Å². The molecule has 0 amide bonds. The Labute approximate surface area is 92.4 Å². The van der Waals surface area contributed by atoms with Crippen LogP contribution in [0.2, 0.25) is 0 Å². The highest BCUT2D eigenvalue weighted by Gasteiger charge is 2.17. The molecule has 0 spiro atoms. The second-order valence-electron chi connectivity index (χ2n) is 4.21. The largest absolute Gasteiger partial charge is 0.389 e. The van der Waals surface area contributed by atoms with E-state index in [4.69, 9.17) is 10.00 Å². The lowest BCUT2D eigenvalue weighted by molar-refractivity contribution is 0.0129. The monoisotopic (exact) mass is 214 g/mol. The minimum atomic E-state index is -0.525. The molecule has 4 heteroatoms. The predicted molar refractivity (Wildman–Crippen MR) is 59.4 cm³/mol. The van der Waals surface area contributed by atoms with Crippen molar-refractivity contribution in [2.45, 2.75) is 45.9 Å². The number of aliphatic hydroxyl groups is 1. The number of aliphatic hydroxyl groups excluding tert-OH is 1. The number of nitrogens with zero attached hydrogens (tertiary/aromatic N) is 2. The molecule has 1 N–H and O–H groups in total. The van der Waals surface area contributed by atoms with Crippen LogP contribution in [0.4, 0.5) is 0 Å². The highest BCUT2D eigenvalue weighted by Crippen LogP contribution is 2.06. The third-order valence-corrected chi connectivity index (χ3v) is 2.22. The standard InChI is InChI=1S/C11H22N2O2/c1-9(2)13(10(3)4)7-11(14)8-15-6-5-12/h9-11,14H,6-8H2,1-4H3. The van der Waals surface area contributed by atoms with Crippen molar-refractivity contribution >= 4 is 0 Å². The Morgan fingerprint density at radius 3 is 2.20 bits per heavy atom. The van der Waals surface area contributed by atoms with Gasteiger partial charge in [-0.15, -0.1) is 0 Å². The summed E-state index contributed by atoms with van der Waals surface area (Å²) in [7, 11) is 0. The van der Waals surface area contributed by atoms with Gasteiger partial charge in [-0.2, -0.15) is 5.26 Å². The first-order chi connectivity index (χ1) is 6.99. The maximum atomic E-state index is 9.67. The average Bonchev–Trinajstić information content (AvgIpc) is 2.13. The molecule has 0 aliphatic rings. The molecule has 0 aromatic heterocycles. The van der Waals surface area contributed by atoms with Crippen LogP contribution < -0.4 is 0 Å². The van der Waals surface area contributed by atoms with E-state index >= 15 is 0 Å². The van der Waals surface area contributed by atoms with Crippen LogP contribution in [0.15, 0.2) is 0 Å². The zero-order chi connectivity index (χ0) is 11.8. The summed E-state index contributed by atoms with van der Waals surface area (Å²) in [6.45, 7) is 9.25. The number of nitriles is 1. The topological polar surface area (TPSA) is 56.5 Å². The summed E-state index contributed by atoms with van der Waals surface area (Å²) in [5.74, 6) is 0. The molecule has 15 heavy (non-hydrogen) atoms. The van der Waals surface area contributed by atoms with Crippen LogP contribution in [0.1, 0.15) is 27.7 Å². The first kappa shape index (κ1) is 14.4. The minimum absolute atomic E-state index is 0.0421. The summed E-state index contributed by atoms with van der Waals surface area (Å²) in [5, 5.41) is 17.9. The molecule has 0 fully saturated rings. The summed E-state index contributed by atoms with van der Waals surface area (Å²) in [6, 6.07) is 2.67. The third kappa shape index (κ3) is 6.45. The van der Waals surface area contributed by atoms with Gasteiger partial charge in [0.25, 0.3) is 0 Å². The molecule has 4 nitrogen and oxygen atoms in total. The third-order valence-electron chi connectivity index (χ3n) is 2.22. The Morgan fingerprint density at radius 2 is 1.80 bits per heavy atom. The summed E-state index contributed by atoms with van der Waals surface area (Å²) < 4.78 is 4.97. The summed E-state index contributed by atoms with van der Waals surface area (Å²) in [5.41, 5.74) is 0. The summed E-state index contributed by atoms with van der Waals surface area (Å²) >= 11 is 0. The SMILES string of the molecule is CC(C)N(CC(O)COCC#N)C(C)C. The van der Waals surface area contributed by atoms with E-state index in [-0.39, 0.29) is 13.2 Å². The molecule has 0 aromatic carbocycles. The van der Waals surface area contributed by atoms with Crippen molar-refractivity contribution in [2.24, 2.45) is 0 Å². The van der Waals surface area contributed by atoms with E-state index in [0.717, 1.165) is 0 Å². The Bertz CT molecular complexity index is 191. The number of hydrogen-bond donors (Lipinski definition) is 1. The fraction of sp³-hybridized carbons (Fsp3) is 0.909. The minimum Gasteiger partial charge on any atom is -0.389 e. The molecule has 0 aliphatic carbocycles. The Hall–Kier alpha value is -0.630. The molecule has 0 aliphatic heterocycles. The van der Waals surface area contributed by atoms with Gasteiger partial charge in [0, 0.05) is 18.6 Å². The van der Waals surface area contributed by atoms with Crippen LogP contribution >= 0.6 is 0 Å². The van der Waals surface area contributed by atoms with Gasteiger partial charge in [-0.3, -0.25) is 4.90 Å². The molecule has 0 heterocycles. The van der Waals surface area contributed by atoms with E-state index in [0.29, 0.717) is 18.6 Å². The fourth-order valence-electron chi connectivity index (χ4n) is 1.55. The van der Waals surface area contributed by atoms with Crippen molar-refractivity contribution < 1.29 is 9.84 Å². The highest BCUT2D eigenvalue weighted by atomic mass is 16.5. The van der Waals surface area contributed by atoms with E-state index in [9.17, 15) is 5.11 Å². The summed E-state index contributed by atoms with van der Waals surface area (Å²) in [4.78, 5) is 2.19. The van der Waals surface area contributed by atoms with Gasteiger partial charge in [0.15, 0.2) is 0 Å². The molecule has 0 radical (unpaired) electrons. The molecule has 88 valence electrons. The van der Waals surface area contributed by atoms with Crippen LogP contribution in [0.25, 0.3) is 0 Å². The zero-order valence-electron chi connectivity index (χ0n) is 10.1. The number of rotatable bonds is 7. The van der Waals surface area contributed by atoms with Crippen LogP contribution in [0, 0.1) is 11.3 Å². The molecule has 0 aromatic rings. The lowest BCUT2D eigenvalue weighted by atomic mass is 10.2. The molecular weight excluding hydrogens is 192 g/mol. The van der Waals surface area contributed by atoms with Crippen molar-refractivity contribution in [1.29, 1.82) is 5.26 Å². The lowest BCUT2D eigenvalue weighted by Crippen LogP contribution is -2.43.